The number of aromatic nitrogens is 1. The Labute approximate surface area is 95.3 Å². The van der Waals surface area contributed by atoms with Gasteiger partial charge in [-0.3, -0.25) is 10.1 Å². The van der Waals surface area contributed by atoms with E-state index in [9.17, 15) is 10.1 Å². The number of nitro benzene ring substituents is 1. The molecule has 0 fully saturated rings. The van der Waals surface area contributed by atoms with E-state index in [0.29, 0.717) is 11.2 Å². The maximum absolute atomic E-state index is 11.0. The van der Waals surface area contributed by atoms with Gasteiger partial charge in [0.15, 0.2) is 5.52 Å². The van der Waals surface area contributed by atoms with Gasteiger partial charge in [-0.05, 0) is 12.1 Å². The van der Waals surface area contributed by atoms with Crippen LogP contribution in [0.25, 0.3) is 10.2 Å². The van der Waals surface area contributed by atoms with Crippen molar-refractivity contribution in [3.8, 4) is 12.3 Å². The van der Waals surface area contributed by atoms with Crippen LogP contribution < -0.4 is 5.32 Å². The second kappa shape index (κ2) is 4.16. The molecule has 1 aromatic carbocycles. The maximum Gasteiger partial charge on any atom is 0.319 e. The minimum atomic E-state index is -0.444. The van der Waals surface area contributed by atoms with Crippen LogP contribution in [-0.4, -0.2) is 16.5 Å². The van der Waals surface area contributed by atoms with Gasteiger partial charge in [0.2, 0.25) is 0 Å². The lowest BCUT2D eigenvalue weighted by Gasteiger charge is -2.03. The summed E-state index contributed by atoms with van der Waals surface area (Å²) >= 11 is 1.37. The molecule has 1 aromatic heterocycles. The van der Waals surface area contributed by atoms with Crippen molar-refractivity contribution in [1.82, 2.24) is 4.98 Å². The number of benzene rings is 1. The molecule has 0 saturated heterocycles. The molecule has 6 heteroatoms. The highest BCUT2D eigenvalue weighted by Gasteiger charge is 2.19. The number of fused-ring (bicyclic) bond motifs is 1. The Bertz CT molecular complexity index is 585. The molecule has 0 aliphatic rings. The second-order valence-electron chi connectivity index (χ2n) is 2.98. The lowest BCUT2D eigenvalue weighted by atomic mass is 10.2. The van der Waals surface area contributed by atoms with Crippen molar-refractivity contribution in [1.29, 1.82) is 0 Å². The number of anilines is 1. The first-order chi connectivity index (χ1) is 7.74. The van der Waals surface area contributed by atoms with E-state index in [1.54, 1.807) is 17.6 Å². The molecule has 1 N–H and O–H groups in total. The molecule has 0 radical (unpaired) electrons. The van der Waals surface area contributed by atoms with E-state index in [2.05, 4.69) is 16.2 Å². The third-order valence-electron chi connectivity index (χ3n) is 2.04. The Morgan fingerprint density at radius 2 is 2.44 bits per heavy atom. The van der Waals surface area contributed by atoms with Gasteiger partial charge < -0.3 is 5.32 Å². The number of thiazole rings is 1. The van der Waals surface area contributed by atoms with Crippen LogP contribution >= 0.6 is 11.3 Å². The summed E-state index contributed by atoms with van der Waals surface area (Å²) in [6, 6.07) is 3.44. The van der Waals surface area contributed by atoms with E-state index < -0.39 is 4.92 Å². The molecule has 0 aliphatic carbocycles. The topological polar surface area (TPSA) is 68.1 Å². The summed E-state index contributed by atoms with van der Waals surface area (Å²) in [5.41, 5.74) is 2.37. The normalized spacial score (nSPS) is 9.94. The van der Waals surface area contributed by atoms with Gasteiger partial charge in [-0.15, -0.1) is 17.8 Å². The summed E-state index contributed by atoms with van der Waals surface area (Å²) in [6.45, 7) is 0.247. The fraction of sp³-hybridized carbons (Fsp3) is 0.100. The second-order valence-corrected chi connectivity index (χ2v) is 3.86. The van der Waals surface area contributed by atoms with Gasteiger partial charge in [0, 0.05) is 0 Å². The molecule has 0 unspecified atom stereocenters. The number of nitrogens with zero attached hydrogens (tertiary/aromatic N) is 2. The van der Waals surface area contributed by atoms with Crippen molar-refractivity contribution in [2.24, 2.45) is 0 Å². The minimum absolute atomic E-state index is 0.0194. The lowest BCUT2D eigenvalue weighted by Crippen LogP contribution is -2.02. The minimum Gasteiger partial charge on any atom is -0.369 e. The van der Waals surface area contributed by atoms with E-state index in [1.165, 1.54) is 11.3 Å². The van der Waals surface area contributed by atoms with Gasteiger partial charge in [-0.2, -0.15) is 0 Å². The zero-order valence-electron chi connectivity index (χ0n) is 8.14. The molecule has 0 amide bonds. The zero-order chi connectivity index (χ0) is 11.5. The Morgan fingerprint density at radius 1 is 1.62 bits per heavy atom. The SMILES string of the molecule is C#CCNc1ccc2scnc2c1[N+](=O)[O-]. The van der Waals surface area contributed by atoms with Crippen LogP contribution in [0, 0.1) is 22.5 Å². The molecule has 16 heavy (non-hydrogen) atoms. The van der Waals surface area contributed by atoms with Crippen LogP contribution in [0.15, 0.2) is 17.6 Å². The summed E-state index contributed by atoms with van der Waals surface area (Å²) in [5, 5.41) is 13.8. The fourth-order valence-corrected chi connectivity index (χ4v) is 2.07. The number of hydrogen-bond acceptors (Lipinski definition) is 5. The summed E-state index contributed by atoms with van der Waals surface area (Å²) < 4.78 is 0.790. The molecular weight excluding hydrogens is 226 g/mol. The molecule has 0 bridgehead atoms. The van der Waals surface area contributed by atoms with E-state index in [4.69, 9.17) is 6.42 Å². The highest BCUT2D eigenvalue weighted by Crippen LogP contribution is 2.33. The van der Waals surface area contributed by atoms with Crippen molar-refractivity contribution in [2.45, 2.75) is 0 Å². The number of nitro groups is 1. The van der Waals surface area contributed by atoms with Gasteiger partial charge in [-0.25, -0.2) is 4.98 Å². The van der Waals surface area contributed by atoms with Gasteiger partial charge >= 0.3 is 5.69 Å². The van der Waals surface area contributed by atoms with Crippen molar-refractivity contribution in [3.63, 3.8) is 0 Å². The first-order valence-corrected chi connectivity index (χ1v) is 5.30. The molecule has 2 aromatic rings. The smallest absolute Gasteiger partial charge is 0.319 e. The average molecular weight is 233 g/mol. The van der Waals surface area contributed by atoms with E-state index in [-0.39, 0.29) is 12.2 Å². The Kier molecular flexibility index (Phi) is 2.70. The lowest BCUT2D eigenvalue weighted by molar-refractivity contribution is -0.382. The van der Waals surface area contributed by atoms with E-state index in [1.807, 2.05) is 0 Å². The molecule has 5 nitrogen and oxygen atoms in total. The Morgan fingerprint density at radius 3 is 3.12 bits per heavy atom. The molecule has 0 atom stereocenters. The predicted molar refractivity (Wildman–Crippen MR) is 63.6 cm³/mol. The molecule has 0 aliphatic heterocycles. The predicted octanol–water partition coefficient (Wildman–Crippen LogP) is 2.25. The van der Waals surface area contributed by atoms with Crippen molar-refractivity contribution in [2.75, 3.05) is 11.9 Å². The highest BCUT2D eigenvalue weighted by molar-refractivity contribution is 7.16. The van der Waals surface area contributed by atoms with Crippen LogP contribution in [0.2, 0.25) is 0 Å². The monoisotopic (exact) mass is 233 g/mol. The molecule has 0 saturated carbocycles. The summed E-state index contributed by atoms with van der Waals surface area (Å²) in [6.07, 6.45) is 5.10. The molecule has 0 spiro atoms. The van der Waals surface area contributed by atoms with Gasteiger partial charge in [0.05, 0.1) is 21.7 Å². The highest BCUT2D eigenvalue weighted by atomic mass is 32.1. The summed E-state index contributed by atoms with van der Waals surface area (Å²) in [7, 11) is 0. The Hall–Kier alpha value is -2.13. The van der Waals surface area contributed by atoms with Crippen molar-refractivity contribution >= 4 is 32.9 Å². The maximum atomic E-state index is 11.0. The van der Waals surface area contributed by atoms with Gasteiger partial charge in [0.1, 0.15) is 5.69 Å². The number of rotatable bonds is 3. The average Bonchev–Trinajstić information content (AvgIpc) is 2.72. The standard InChI is InChI=1S/C10H7N3O2S/c1-2-5-11-7-3-4-8-9(12-6-16-8)10(7)13(14)15/h1,3-4,6,11H,5H2. The summed E-state index contributed by atoms with van der Waals surface area (Å²) in [5.74, 6) is 2.37. The van der Waals surface area contributed by atoms with E-state index in [0.717, 1.165) is 4.70 Å². The van der Waals surface area contributed by atoms with Crippen LogP contribution in [0.4, 0.5) is 11.4 Å². The van der Waals surface area contributed by atoms with Crippen LogP contribution in [0.1, 0.15) is 0 Å². The number of nitrogens with one attached hydrogen (secondary N) is 1. The third-order valence-corrected chi connectivity index (χ3v) is 2.83. The van der Waals surface area contributed by atoms with Crippen LogP contribution in [0.3, 0.4) is 0 Å². The third kappa shape index (κ3) is 1.68. The van der Waals surface area contributed by atoms with Crippen LogP contribution in [0.5, 0.6) is 0 Å². The molecular formula is C10H7N3O2S. The fourth-order valence-electron chi connectivity index (χ4n) is 1.39. The first kappa shape index (κ1) is 10.4. The Balaban J connectivity index is 2.60. The van der Waals surface area contributed by atoms with Crippen LogP contribution in [-0.2, 0) is 0 Å². The zero-order valence-corrected chi connectivity index (χ0v) is 8.95. The first-order valence-electron chi connectivity index (χ1n) is 4.42. The largest absolute Gasteiger partial charge is 0.369 e. The van der Waals surface area contributed by atoms with Gasteiger partial charge in [0.25, 0.3) is 0 Å². The van der Waals surface area contributed by atoms with Crippen molar-refractivity contribution < 1.29 is 4.92 Å². The molecule has 1 heterocycles. The van der Waals surface area contributed by atoms with E-state index >= 15 is 0 Å². The number of terminal acetylenes is 1. The number of hydrogen-bond donors (Lipinski definition) is 1. The summed E-state index contributed by atoms with van der Waals surface area (Å²) in [4.78, 5) is 14.5. The van der Waals surface area contributed by atoms with Gasteiger partial charge in [-0.1, -0.05) is 5.92 Å². The van der Waals surface area contributed by atoms with Crippen molar-refractivity contribution in [3.05, 3.63) is 27.8 Å². The molecule has 2 rings (SSSR count). The molecule has 80 valence electrons. The quantitative estimate of drug-likeness (QED) is 0.501.